The molecule has 0 radical (unpaired) electrons. The van der Waals surface area contributed by atoms with Gasteiger partial charge in [-0.05, 0) is 37.6 Å². The Bertz CT molecular complexity index is 893. The van der Waals surface area contributed by atoms with Crippen molar-refractivity contribution >= 4 is 34.9 Å². The number of aryl methyl sites for hydroxylation is 1. The molecule has 6 nitrogen and oxygen atoms in total. The number of nitrogens with one attached hydrogen (secondary N) is 1. The summed E-state index contributed by atoms with van der Waals surface area (Å²) in [5.41, 5.74) is 1.69. The largest absolute Gasteiger partial charge is 0.343 e. The van der Waals surface area contributed by atoms with Crippen molar-refractivity contribution in [2.45, 2.75) is 19.9 Å². The first-order valence-corrected chi connectivity index (χ1v) is 7.65. The highest BCUT2D eigenvalue weighted by Crippen LogP contribution is 2.25. The lowest BCUT2D eigenvalue weighted by molar-refractivity contribution is 0.0929. The predicted molar refractivity (Wildman–Crippen MR) is 87.9 cm³/mol. The maximum Gasteiger partial charge on any atom is 0.291 e. The highest BCUT2D eigenvalue weighted by Gasteiger charge is 2.17. The second kappa shape index (κ2) is 6.14. The lowest BCUT2D eigenvalue weighted by Gasteiger charge is -2.13. The molecule has 3 aromatic rings. The molecule has 0 spiro atoms. The van der Waals surface area contributed by atoms with E-state index in [9.17, 15) is 4.79 Å². The first-order chi connectivity index (χ1) is 11.0. The number of carbonyl (C=O) groups excluding carboxylic acids is 1. The Balaban J connectivity index is 1.82. The number of nitrogens with zero attached hydrogens (tertiary/aromatic N) is 4. The van der Waals surface area contributed by atoms with Gasteiger partial charge in [-0.15, -0.1) is 5.10 Å². The van der Waals surface area contributed by atoms with Crippen LogP contribution in [0.15, 0.2) is 30.5 Å². The maximum atomic E-state index is 12.3. The summed E-state index contributed by atoms with van der Waals surface area (Å²) in [6.07, 6.45) is 1.62. The molecule has 1 unspecified atom stereocenters. The normalized spacial score (nSPS) is 12.3. The fourth-order valence-corrected chi connectivity index (χ4v) is 2.44. The van der Waals surface area contributed by atoms with Gasteiger partial charge in [0.2, 0.25) is 5.82 Å². The molecule has 0 aliphatic heterocycles. The zero-order chi connectivity index (χ0) is 16.6. The Hall–Kier alpha value is -2.18. The number of rotatable bonds is 3. The quantitative estimate of drug-likeness (QED) is 0.787. The summed E-state index contributed by atoms with van der Waals surface area (Å²) in [6, 6.07) is 6.75. The molecule has 2 heterocycles. The van der Waals surface area contributed by atoms with Gasteiger partial charge < -0.3 is 5.32 Å². The van der Waals surface area contributed by atoms with Crippen LogP contribution in [-0.4, -0.2) is 25.5 Å². The van der Waals surface area contributed by atoms with Crippen LogP contribution in [0.5, 0.6) is 0 Å². The average Bonchev–Trinajstić information content (AvgIpc) is 2.95. The molecular formula is C15H13Cl2N5O. The number of hydrogen-bond acceptors (Lipinski definition) is 4. The third-order valence-corrected chi connectivity index (χ3v) is 4.16. The van der Waals surface area contributed by atoms with Crippen LogP contribution >= 0.6 is 23.2 Å². The van der Waals surface area contributed by atoms with Gasteiger partial charge in [-0.1, -0.05) is 29.3 Å². The Morgan fingerprint density at radius 2 is 2.04 bits per heavy atom. The SMILES string of the molecule is Cc1ccnc2nc(C(=O)NC(C)c3ccc(Cl)c(Cl)c3)nn12. The van der Waals surface area contributed by atoms with E-state index < -0.39 is 0 Å². The standard InChI is InChI=1S/C15H13Cl2N5O/c1-8-5-6-18-15-20-13(21-22(8)15)14(23)19-9(2)10-3-4-11(16)12(17)7-10/h3-7,9H,1-2H3,(H,19,23). The molecule has 3 rings (SSSR count). The van der Waals surface area contributed by atoms with Crippen molar-refractivity contribution < 1.29 is 4.79 Å². The number of carbonyl (C=O) groups is 1. The minimum atomic E-state index is -0.381. The molecule has 0 aliphatic rings. The van der Waals surface area contributed by atoms with Gasteiger partial charge in [0.15, 0.2) is 0 Å². The Kier molecular flexibility index (Phi) is 4.19. The fraction of sp³-hybridized carbons (Fsp3) is 0.200. The molecule has 0 fully saturated rings. The van der Waals surface area contributed by atoms with Crippen molar-refractivity contribution in [2.24, 2.45) is 0 Å². The number of fused-ring (bicyclic) bond motifs is 1. The summed E-state index contributed by atoms with van der Waals surface area (Å²) in [4.78, 5) is 20.5. The predicted octanol–water partition coefficient (Wildman–Crippen LogP) is 3.23. The van der Waals surface area contributed by atoms with E-state index in [2.05, 4.69) is 20.4 Å². The van der Waals surface area contributed by atoms with E-state index in [0.29, 0.717) is 15.8 Å². The maximum absolute atomic E-state index is 12.3. The smallest absolute Gasteiger partial charge is 0.291 e. The highest BCUT2D eigenvalue weighted by atomic mass is 35.5. The summed E-state index contributed by atoms with van der Waals surface area (Å²) >= 11 is 11.9. The van der Waals surface area contributed by atoms with Gasteiger partial charge in [-0.25, -0.2) is 9.50 Å². The van der Waals surface area contributed by atoms with Gasteiger partial charge in [0.25, 0.3) is 11.7 Å². The lowest BCUT2D eigenvalue weighted by atomic mass is 10.1. The molecule has 118 valence electrons. The molecule has 23 heavy (non-hydrogen) atoms. The van der Waals surface area contributed by atoms with Crippen molar-refractivity contribution in [3.63, 3.8) is 0 Å². The minimum absolute atomic E-state index is 0.0683. The third-order valence-electron chi connectivity index (χ3n) is 3.42. The summed E-state index contributed by atoms with van der Waals surface area (Å²) in [7, 11) is 0. The molecule has 1 aromatic carbocycles. The average molecular weight is 350 g/mol. The van der Waals surface area contributed by atoms with Crippen LogP contribution in [0.4, 0.5) is 0 Å². The van der Waals surface area contributed by atoms with Crippen LogP contribution in [0.3, 0.4) is 0 Å². The van der Waals surface area contributed by atoms with E-state index in [-0.39, 0.29) is 17.8 Å². The van der Waals surface area contributed by atoms with Crippen molar-refractivity contribution in [1.82, 2.24) is 24.9 Å². The van der Waals surface area contributed by atoms with E-state index in [0.717, 1.165) is 11.3 Å². The molecule has 0 saturated heterocycles. The van der Waals surface area contributed by atoms with Crippen molar-refractivity contribution in [3.8, 4) is 0 Å². The minimum Gasteiger partial charge on any atom is -0.343 e. The van der Waals surface area contributed by atoms with E-state index in [4.69, 9.17) is 23.2 Å². The zero-order valence-corrected chi connectivity index (χ0v) is 13.9. The molecule has 1 amide bonds. The van der Waals surface area contributed by atoms with E-state index in [1.54, 1.807) is 24.4 Å². The third kappa shape index (κ3) is 3.13. The zero-order valence-electron chi connectivity index (χ0n) is 12.4. The number of halogens is 2. The van der Waals surface area contributed by atoms with Crippen LogP contribution in [0.2, 0.25) is 10.0 Å². The molecule has 1 atom stereocenters. The monoisotopic (exact) mass is 349 g/mol. The molecular weight excluding hydrogens is 337 g/mol. The Morgan fingerprint density at radius 3 is 2.74 bits per heavy atom. The van der Waals surface area contributed by atoms with E-state index in [1.165, 1.54) is 4.52 Å². The van der Waals surface area contributed by atoms with Crippen LogP contribution in [0.1, 0.15) is 34.8 Å². The van der Waals surface area contributed by atoms with Crippen molar-refractivity contribution in [3.05, 3.63) is 57.6 Å². The number of hydrogen-bond donors (Lipinski definition) is 1. The van der Waals surface area contributed by atoms with Gasteiger partial charge in [0, 0.05) is 11.9 Å². The summed E-state index contributed by atoms with van der Waals surface area (Å²) in [5, 5.41) is 7.92. The van der Waals surface area contributed by atoms with Gasteiger partial charge in [0.05, 0.1) is 16.1 Å². The molecule has 1 N–H and O–H groups in total. The second-order valence-corrected chi connectivity index (χ2v) is 5.92. The summed E-state index contributed by atoms with van der Waals surface area (Å²) in [5.74, 6) is 0.0736. The van der Waals surface area contributed by atoms with Crippen molar-refractivity contribution in [2.75, 3.05) is 0 Å². The summed E-state index contributed by atoms with van der Waals surface area (Å²) in [6.45, 7) is 3.71. The Morgan fingerprint density at radius 1 is 1.26 bits per heavy atom. The number of aromatic nitrogens is 4. The van der Waals surface area contributed by atoms with Crippen molar-refractivity contribution in [1.29, 1.82) is 0 Å². The lowest BCUT2D eigenvalue weighted by Crippen LogP contribution is -2.27. The summed E-state index contributed by atoms with van der Waals surface area (Å²) < 4.78 is 1.53. The molecule has 0 aliphatic carbocycles. The fourth-order valence-electron chi connectivity index (χ4n) is 2.13. The van der Waals surface area contributed by atoms with Crippen LogP contribution < -0.4 is 5.32 Å². The highest BCUT2D eigenvalue weighted by molar-refractivity contribution is 6.42. The van der Waals surface area contributed by atoms with Crippen LogP contribution in [-0.2, 0) is 0 Å². The first kappa shape index (κ1) is 15.7. The molecule has 0 bridgehead atoms. The van der Waals surface area contributed by atoms with Gasteiger partial charge >= 0.3 is 0 Å². The number of amides is 1. The molecule has 8 heteroatoms. The first-order valence-electron chi connectivity index (χ1n) is 6.90. The second-order valence-electron chi connectivity index (χ2n) is 5.10. The Labute approximate surface area is 142 Å². The molecule has 0 saturated carbocycles. The van der Waals surface area contributed by atoms with E-state index in [1.807, 2.05) is 19.9 Å². The van der Waals surface area contributed by atoms with Crippen LogP contribution in [0, 0.1) is 6.92 Å². The van der Waals surface area contributed by atoms with Crippen LogP contribution in [0.25, 0.3) is 5.78 Å². The van der Waals surface area contributed by atoms with Gasteiger partial charge in [0.1, 0.15) is 0 Å². The number of benzene rings is 1. The van der Waals surface area contributed by atoms with Gasteiger partial charge in [-0.3, -0.25) is 4.79 Å². The molecule has 2 aromatic heterocycles. The topological polar surface area (TPSA) is 72.2 Å². The van der Waals surface area contributed by atoms with Gasteiger partial charge in [-0.2, -0.15) is 4.98 Å². The van der Waals surface area contributed by atoms with E-state index >= 15 is 0 Å².